The summed E-state index contributed by atoms with van der Waals surface area (Å²) in [5.74, 6) is 1.05. The summed E-state index contributed by atoms with van der Waals surface area (Å²) < 4.78 is 10.0. The van der Waals surface area contributed by atoms with Gasteiger partial charge in [0.2, 0.25) is 0 Å². The molecule has 5 aromatic heterocycles. The lowest BCUT2D eigenvalue weighted by atomic mass is 9.90. The summed E-state index contributed by atoms with van der Waals surface area (Å²) in [5.41, 5.74) is 16.3. The van der Waals surface area contributed by atoms with Crippen LogP contribution in [0.1, 0.15) is 66.3 Å². The Morgan fingerprint density at radius 1 is 1.20 bits per heavy atom. The van der Waals surface area contributed by atoms with Crippen LogP contribution in [0.4, 0.5) is 16.6 Å². The number of rotatable bonds is 6. The SMILES string of the molecule is CC(c1cccnc1N)N1CCn2ncc3c2c2c1nc(OC[C@@H]1CCCN1C)nc2c(=O)n3C1CCCc2sc(N)c(C#N)c21. The van der Waals surface area contributed by atoms with E-state index in [4.69, 9.17) is 31.3 Å². The monoisotopic (exact) mass is 637 g/mol. The van der Waals surface area contributed by atoms with Crippen LogP contribution in [-0.2, 0) is 13.0 Å². The molecule has 0 saturated carbocycles. The number of nitrogens with two attached hydrogens (primary N) is 2. The molecule has 13 nitrogen and oxygen atoms in total. The van der Waals surface area contributed by atoms with Crippen LogP contribution in [0.15, 0.2) is 29.3 Å². The van der Waals surface area contributed by atoms with Crippen molar-refractivity contribution >= 4 is 49.9 Å². The van der Waals surface area contributed by atoms with Crippen LogP contribution in [0.5, 0.6) is 6.01 Å². The highest BCUT2D eigenvalue weighted by Gasteiger charge is 2.35. The zero-order valence-corrected chi connectivity index (χ0v) is 26.6. The van der Waals surface area contributed by atoms with Crippen LogP contribution in [0.2, 0.25) is 0 Å². The summed E-state index contributed by atoms with van der Waals surface area (Å²) in [4.78, 5) is 34.5. The molecule has 7 heterocycles. The molecular weight excluding hydrogens is 602 g/mol. The van der Waals surface area contributed by atoms with Gasteiger partial charge in [0, 0.05) is 34.8 Å². The highest BCUT2D eigenvalue weighted by atomic mass is 32.1. The van der Waals surface area contributed by atoms with Crippen molar-refractivity contribution in [3.05, 3.63) is 56.4 Å². The smallest absolute Gasteiger partial charge is 0.319 e. The van der Waals surface area contributed by atoms with Gasteiger partial charge in [-0.25, -0.2) is 4.98 Å². The van der Waals surface area contributed by atoms with Gasteiger partial charge in [-0.15, -0.1) is 11.3 Å². The molecule has 5 aromatic rings. The summed E-state index contributed by atoms with van der Waals surface area (Å²) in [7, 11) is 2.10. The fourth-order valence-electron chi connectivity index (χ4n) is 7.61. The summed E-state index contributed by atoms with van der Waals surface area (Å²) in [5, 5.41) is 16.0. The number of pyridine rings is 2. The van der Waals surface area contributed by atoms with Gasteiger partial charge in [-0.05, 0) is 58.7 Å². The molecule has 1 aliphatic carbocycles. The van der Waals surface area contributed by atoms with E-state index in [1.807, 2.05) is 16.8 Å². The first-order valence-electron chi connectivity index (χ1n) is 15.8. The number of nitriles is 1. The van der Waals surface area contributed by atoms with Gasteiger partial charge in [-0.3, -0.25) is 14.0 Å². The Kier molecular flexibility index (Phi) is 6.84. The maximum atomic E-state index is 14.8. The first kappa shape index (κ1) is 28.7. The molecule has 3 aliphatic rings. The van der Waals surface area contributed by atoms with Gasteiger partial charge < -0.3 is 26.0 Å². The molecule has 1 fully saturated rings. The number of fused-ring (bicyclic) bond motifs is 1. The number of aryl methyl sites for hydroxylation is 1. The average Bonchev–Trinajstić information content (AvgIpc) is 3.73. The van der Waals surface area contributed by atoms with Gasteiger partial charge in [0.25, 0.3) is 5.56 Å². The molecule has 46 heavy (non-hydrogen) atoms. The largest absolute Gasteiger partial charge is 0.462 e. The van der Waals surface area contributed by atoms with E-state index in [1.54, 1.807) is 17.0 Å². The number of hydrogen-bond acceptors (Lipinski definition) is 12. The van der Waals surface area contributed by atoms with Gasteiger partial charge in [0.15, 0.2) is 0 Å². The number of likely N-dealkylation sites (tertiary alicyclic amines) is 1. The van der Waals surface area contributed by atoms with Crippen molar-refractivity contribution in [3.63, 3.8) is 0 Å². The Morgan fingerprint density at radius 2 is 2.07 bits per heavy atom. The third kappa shape index (κ3) is 4.33. The third-order valence-corrected chi connectivity index (χ3v) is 11.1. The predicted molar refractivity (Wildman–Crippen MR) is 177 cm³/mol. The van der Waals surface area contributed by atoms with Gasteiger partial charge in [-0.1, -0.05) is 6.07 Å². The average molecular weight is 638 g/mol. The minimum Gasteiger partial charge on any atom is -0.462 e. The lowest BCUT2D eigenvalue weighted by molar-refractivity contribution is 0.188. The maximum absolute atomic E-state index is 14.8. The third-order valence-electron chi connectivity index (χ3n) is 9.98. The van der Waals surface area contributed by atoms with Crippen LogP contribution < -0.4 is 26.7 Å². The van der Waals surface area contributed by atoms with E-state index in [9.17, 15) is 10.1 Å². The lowest BCUT2D eigenvalue weighted by Crippen LogP contribution is -2.33. The van der Waals surface area contributed by atoms with Crippen LogP contribution in [-0.4, -0.2) is 67.0 Å². The fourth-order valence-corrected chi connectivity index (χ4v) is 8.72. The minimum atomic E-state index is -0.370. The molecule has 2 aliphatic heterocycles. The summed E-state index contributed by atoms with van der Waals surface area (Å²) in [6, 6.07) is 5.99. The van der Waals surface area contributed by atoms with Crippen molar-refractivity contribution in [1.29, 1.82) is 5.26 Å². The van der Waals surface area contributed by atoms with Crippen molar-refractivity contribution in [2.45, 2.75) is 63.7 Å². The second-order valence-corrected chi connectivity index (χ2v) is 13.6. The molecule has 236 valence electrons. The van der Waals surface area contributed by atoms with Gasteiger partial charge in [0.1, 0.15) is 34.8 Å². The standard InChI is InChI=1S/C32H35N11O2S/c1-17(19-7-4-10-36-28(19)34)41-12-13-42-27-22(15-37-42)43(21-8-3-9-23-24(21)20(14-33)29(35)46-23)31(44)26-25(27)30(41)39-32(38-26)45-16-18-6-5-11-40(18)2/h4,7,10,15,17-18,21H,3,5-6,8-9,11-13,16,35H2,1-2H3,(H2,34,36)/t17?,18-,21?/m0/s1. The topological polar surface area (TPSA) is 170 Å². The second-order valence-electron chi connectivity index (χ2n) is 12.5. The van der Waals surface area contributed by atoms with Crippen molar-refractivity contribution in [2.75, 3.05) is 43.1 Å². The Labute approximate surface area is 269 Å². The molecule has 8 rings (SSSR count). The van der Waals surface area contributed by atoms with Gasteiger partial charge in [-0.2, -0.15) is 20.3 Å². The zero-order valence-electron chi connectivity index (χ0n) is 25.8. The molecule has 0 bridgehead atoms. The Morgan fingerprint density at radius 3 is 2.85 bits per heavy atom. The van der Waals surface area contributed by atoms with E-state index < -0.39 is 0 Å². The summed E-state index contributed by atoms with van der Waals surface area (Å²) in [6.07, 6.45) is 7.98. The highest BCUT2D eigenvalue weighted by molar-refractivity contribution is 7.16. The first-order valence-corrected chi connectivity index (χ1v) is 16.6. The Hall–Kier alpha value is -4.74. The van der Waals surface area contributed by atoms with E-state index in [0.717, 1.165) is 53.7 Å². The number of thiophene rings is 1. The number of anilines is 3. The van der Waals surface area contributed by atoms with Gasteiger partial charge >= 0.3 is 6.01 Å². The normalized spacial score (nSPS) is 20.2. The zero-order chi connectivity index (χ0) is 31.7. The minimum absolute atomic E-state index is 0.164. The quantitative estimate of drug-likeness (QED) is 0.279. The molecule has 0 amide bonds. The van der Waals surface area contributed by atoms with Crippen LogP contribution in [0.25, 0.3) is 21.9 Å². The lowest BCUT2D eigenvalue weighted by Gasteiger charge is -2.31. The summed E-state index contributed by atoms with van der Waals surface area (Å²) in [6.45, 7) is 4.61. The molecule has 4 N–H and O–H groups in total. The van der Waals surface area contributed by atoms with E-state index in [2.05, 4.69) is 34.8 Å². The molecule has 2 unspecified atom stereocenters. The Balaban J connectivity index is 1.37. The van der Waals surface area contributed by atoms with E-state index in [1.165, 1.54) is 11.3 Å². The van der Waals surface area contributed by atoms with E-state index >= 15 is 0 Å². The maximum Gasteiger partial charge on any atom is 0.319 e. The van der Waals surface area contributed by atoms with Crippen molar-refractivity contribution in [2.24, 2.45) is 0 Å². The van der Waals surface area contributed by atoms with Gasteiger partial charge in [0.05, 0.1) is 46.8 Å². The van der Waals surface area contributed by atoms with Crippen LogP contribution in [0.3, 0.4) is 0 Å². The number of ether oxygens (including phenoxy) is 1. The summed E-state index contributed by atoms with van der Waals surface area (Å²) >= 11 is 1.45. The van der Waals surface area contributed by atoms with Crippen molar-refractivity contribution in [3.8, 4) is 12.1 Å². The van der Waals surface area contributed by atoms with Crippen LogP contribution >= 0.6 is 11.3 Å². The molecule has 0 spiro atoms. The highest BCUT2D eigenvalue weighted by Crippen LogP contribution is 2.45. The fraction of sp³-hybridized carbons (Fsp3) is 0.438. The first-order chi connectivity index (χ1) is 22.4. The second kappa shape index (κ2) is 11.0. The number of likely N-dealkylation sites (N-methyl/N-ethyl adjacent to an activating group) is 1. The van der Waals surface area contributed by atoms with Crippen molar-refractivity contribution in [1.82, 2.24) is 34.2 Å². The number of hydrogen-bond donors (Lipinski definition) is 2. The van der Waals surface area contributed by atoms with E-state index in [-0.39, 0.29) is 35.2 Å². The number of nitrogens with zero attached hydrogens (tertiary/aromatic N) is 9. The molecule has 14 heteroatoms. The molecule has 0 radical (unpaired) electrons. The molecule has 3 atom stereocenters. The molecule has 1 saturated heterocycles. The number of aromatic nitrogens is 6. The molecular formula is C32H35N11O2S. The van der Waals surface area contributed by atoms with E-state index in [0.29, 0.717) is 59.2 Å². The molecule has 0 aromatic carbocycles. The predicted octanol–water partition coefficient (Wildman–Crippen LogP) is 3.61. The Bertz CT molecular complexity index is 2110. The van der Waals surface area contributed by atoms with Crippen molar-refractivity contribution < 1.29 is 4.74 Å². The van der Waals surface area contributed by atoms with Crippen LogP contribution in [0, 0.1) is 11.3 Å². The number of nitrogen functional groups attached to an aromatic ring is 2.